The second-order valence-electron chi connectivity index (χ2n) is 6.08. The first-order valence-corrected chi connectivity index (χ1v) is 6.54. The van der Waals surface area contributed by atoms with Gasteiger partial charge in [0.15, 0.2) is 0 Å². The van der Waals surface area contributed by atoms with Gasteiger partial charge in [-0.3, -0.25) is 0 Å². The van der Waals surface area contributed by atoms with E-state index in [-0.39, 0.29) is 10.8 Å². The van der Waals surface area contributed by atoms with Crippen molar-refractivity contribution in [2.75, 3.05) is 0 Å². The van der Waals surface area contributed by atoms with E-state index in [0.717, 1.165) is 16.0 Å². The van der Waals surface area contributed by atoms with E-state index in [1.807, 2.05) is 0 Å². The van der Waals surface area contributed by atoms with Crippen LogP contribution < -0.4 is 0 Å². The minimum Gasteiger partial charge on any atom is -0.345 e. The number of hydrogen-bond donors (Lipinski definition) is 1. The molecule has 2 nitrogen and oxygen atoms in total. The van der Waals surface area contributed by atoms with E-state index in [1.54, 1.807) is 0 Å². The van der Waals surface area contributed by atoms with E-state index in [4.69, 9.17) is 12.2 Å². The molecule has 90 valence electrons. The third-order valence-corrected chi connectivity index (χ3v) is 3.65. The quantitative estimate of drug-likeness (QED) is 0.715. The van der Waals surface area contributed by atoms with Crippen molar-refractivity contribution in [1.29, 1.82) is 0 Å². The van der Waals surface area contributed by atoms with Crippen molar-refractivity contribution in [1.82, 2.24) is 9.97 Å². The van der Waals surface area contributed by atoms with Gasteiger partial charge in [-0.1, -0.05) is 53.8 Å². The predicted octanol–water partition coefficient (Wildman–Crippen LogP) is 4.50. The highest BCUT2D eigenvalue weighted by atomic mass is 79.9. The highest BCUT2D eigenvalue weighted by Crippen LogP contribution is 2.30. The van der Waals surface area contributed by atoms with Gasteiger partial charge in [0.25, 0.3) is 0 Å². The Morgan fingerprint density at radius 2 is 1.56 bits per heavy atom. The summed E-state index contributed by atoms with van der Waals surface area (Å²) in [5, 5.41) is 0. The lowest BCUT2D eigenvalue weighted by Crippen LogP contribution is -2.22. The molecule has 1 aromatic rings. The van der Waals surface area contributed by atoms with Crippen LogP contribution in [0.25, 0.3) is 0 Å². The average molecular weight is 303 g/mol. The van der Waals surface area contributed by atoms with Gasteiger partial charge < -0.3 is 4.98 Å². The van der Waals surface area contributed by atoms with E-state index in [0.29, 0.717) is 4.64 Å². The van der Waals surface area contributed by atoms with Crippen molar-refractivity contribution in [2.45, 2.75) is 52.4 Å². The number of rotatable bonds is 0. The summed E-state index contributed by atoms with van der Waals surface area (Å²) >= 11 is 8.81. The maximum atomic E-state index is 5.29. The number of aromatic amines is 1. The molecule has 0 saturated heterocycles. The summed E-state index contributed by atoms with van der Waals surface area (Å²) in [4.78, 5) is 7.84. The Morgan fingerprint density at radius 1 is 1.06 bits per heavy atom. The van der Waals surface area contributed by atoms with Crippen LogP contribution in [-0.4, -0.2) is 9.97 Å². The van der Waals surface area contributed by atoms with Crippen molar-refractivity contribution in [2.24, 2.45) is 0 Å². The number of aromatic nitrogens is 2. The zero-order valence-electron chi connectivity index (χ0n) is 10.7. The average Bonchev–Trinajstić information content (AvgIpc) is 2.05. The summed E-state index contributed by atoms with van der Waals surface area (Å²) in [5.74, 6) is 0.936. The molecule has 0 radical (unpaired) electrons. The molecule has 0 amide bonds. The predicted molar refractivity (Wildman–Crippen MR) is 74.5 cm³/mol. The van der Waals surface area contributed by atoms with Gasteiger partial charge in [0.05, 0.1) is 4.47 Å². The maximum absolute atomic E-state index is 5.29. The van der Waals surface area contributed by atoms with Gasteiger partial charge in [-0.25, -0.2) is 4.98 Å². The molecule has 1 heterocycles. The molecule has 4 heteroatoms. The van der Waals surface area contributed by atoms with Crippen molar-refractivity contribution >= 4 is 28.1 Å². The van der Waals surface area contributed by atoms with Crippen LogP contribution in [0.2, 0.25) is 0 Å². The Morgan fingerprint density at radius 3 is 1.94 bits per heavy atom. The second-order valence-corrected chi connectivity index (χ2v) is 7.26. The fourth-order valence-electron chi connectivity index (χ4n) is 1.33. The van der Waals surface area contributed by atoms with E-state index >= 15 is 0 Å². The van der Waals surface area contributed by atoms with E-state index < -0.39 is 0 Å². The van der Waals surface area contributed by atoms with Crippen LogP contribution in [0.3, 0.4) is 0 Å². The van der Waals surface area contributed by atoms with Crippen molar-refractivity contribution in [3.05, 3.63) is 20.6 Å². The van der Waals surface area contributed by atoms with Gasteiger partial charge in [-0.2, -0.15) is 0 Å². The molecule has 16 heavy (non-hydrogen) atoms. The molecule has 0 bridgehead atoms. The fraction of sp³-hybridized carbons (Fsp3) is 0.667. The summed E-state index contributed by atoms with van der Waals surface area (Å²) in [5.41, 5.74) is 1.11. The van der Waals surface area contributed by atoms with Crippen LogP contribution in [0.4, 0.5) is 0 Å². The molecule has 0 saturated carbocycles. The fourth-order valence-corrected chi connectivity index (χ4v) is 2.31. The highest BCUT2D eigenvalue weighted by molar-refractivity contribution is 9.10. The van der Waals surface area contributed by atoms with Crippen molar-refractivity contribution in [3.63, 3.8) is 0 Å². The summed E-state index contributed by atoms with van der Waals surface area (Å²) < 4.78 is 1.54. The van der Waals surface area contributed by atoms with Crippen molar-refractivity contribution in [3.8, 4) is 0 Å². The molecular formula is C12H19BrN2S. The molecule has 0 aliphatic heterocycles. The number of hydrogen-bond acceptors (Lipinski definition) is 2. The number of nitrogens with zero attached hydrogens (tertiary/aromatic N) is 1. The lowest BCUT2D eigenvalue weighted by Gasteiger charge is -2.25. The Bertz CT molecular complexity index is 450. The van der Waals surface area contributed by atoms with Gasteiger partial charge in [0, 0.05) is 16.5 Å². The molecule has 0 aliphatic rings. The van der Waals surface area contributed by atoms with Gasteiger partial charge in [0.1, 0.15) is 10.5 Å². The normalized spacial score (nSPS) is 12.9. The number of halogens is 1. The van der Waals surface area contributed by atoms with Crippen LogP contribution in [-0.2, 0) is 10.8 Å². The maximum Gasteiger partial charge on any atom is 0.144 e. The topological polar surface area (TPSA) is 28.7 Å². The lowest BCUT2D eigenvalue weighted by molar-refractivity contribution is 0.509. The summed E-state index contributed by atoms with van der Waals surface area (Å²) in [6.07, 6.45) is 0. The first kappa shape index (κ1) is 13.8. The van der Waals surface area contributed by atoms with Crippen LogP contribution in [0.5, 0.6) is 0 Å². The van der Waals surface area contributed by atoms with Gasteiger partial charge >= 0.3 is 0 Å². The zero-order valence-corrected chi connectivity index (χ0v) is 13.1. The Balaban J connectivity index is 3.53. The number of nitrogens with one attached hydrogen (secondary N) is 1. The third kappa shape index (κ3) is 2.92. The van der Waals surface area contributed by atoms with Gasteiger partial charge in [0.2, 0.25) is 0 Å². The SMILES string of the molecule is CC(C)(C)c1nc(=S)c(Br)c(C(C)(C)C)[nH]1. The zero-order chi connectivity index (χ0) is 12.7. The second kappa shape index (κ2) is 4.22. The number of H-pyrrole nitrogens is 1. The molecule has 0 unspecified atom stereocenters. The van der Waals surface area contributed by atoms with Crippen molar-refractivity contribution < 1.29 is 0 Å². The molecule has 1 rings (SSSR count). The van der Waals surface area contributed by atoms with Crippen LogP contribution >= 0.6 is 28.1 Å². The third-order valence-electron chi connectivity index (χ3n) is 2.32. The van der Waals surface area contributed by atoms with E-state index in [1.165, 1.54) is 0 Å². The summed E-state index contributed by atoms with van der Waals surface area (Å²) in [6.45, 7) is 12.9. The van der Waals surface area contributed by atoms with Crippen LogP contribution in [0.1, 0.15) is 53.1 Å². The standard InChI is InChI=1S/C12H19BrN2S/c1-11(2,3)8-7(13)9(16)15-10(14-8)12(4,5)6/h1-6H3,(H,14,15,16). The Kier molecular flexibility index (Phi) is 3.65. The largest absolute Gasteiger partial charge is 0.345 e. The Hall–Kier alpha value is -0.220. The Labute approximate surface area is 111 Å². The molecule has 0 spiro atoms. The minimum absolute atomic E-state index is 0.0196. The summed E-state index contributed by atoms with van der Waals surface area (Å²) in [7, 11) is 0. The monoisotopic (exact) mass is 302 g/mol. The minimum atomic E-state index is -0.0196. The molecule has 0 aromatic carbocycles. The summed E-state index contributed by atoms with van der Waals surface area (Å²) in [6, 6.07) is 0. The first-order chi connectivity index (χ1) is 7.03. The van der Waals surface area contributed by atoms with Gasteiger partial charge in [-0.15, -0.1) is 0 Å². The molecule has 0 aliphatic carbocycles. The van der Waals surface area contributed by atoms with E-state index in [2.05, 4.69) is 67.4 Å². The smallest absolute Gasteiger partial charge is 0.144 e. The van der Waals surface area contributed by atoms with Crippen LogP contribution in [0.15, 0.2) is 4.47 Å². The molecule has 1 aromatic heterocycles. The lowest BCUT2D eigenvalue weighted by atomic mass is 9.90. The first-order valence-electron chi connectivity index (χ1n) is 5.34. The molecule has 0 atom stereocenters. The van der Waals surface area contributed by atoms with Crippen LogP contribution in [0, 0.1) is 4.64 Å². The van der Waals surface area contributed by atoms with E-state index in [9.17, 15) is 0 Å². The molecule has 0 fully saturated rings. The molecule has 1 N–H and O–H groups in total. The molecular weight excluding hydrogens is 284 g/mol. The van der Waals surface area contributed by atoms with Gasteiger partial charge in [-0.05, 0) is 15.9 Å². The highest BCUT2D eigenvalue weighted by Gasteiger charge is 2.24.